The first-order valence-corrected chi connectivity index (χ1v) is 6.61. The second-order valence-electron chi connectivity index (χ2n) is 4.74. The highest BCUT2D eigenvalue weighted by Gasteiger charge is 2.19. The summed E-state index contributed by atoms with van der Waals surface area (Å²) in [6.45, 7) is 2.24. The van der Waals surface area contributed by atoms with E-state index >= 15 is 0 Å². The van der Waals surface area contributed by atoms with Gasteiger partial charge in [-0.3, -0.25) is 0 Å². The molecule has 0 fully saturated rings. The van der Waals surface area contributed by atoms with E-state index in [0.29, 0.717) is 12.2 Å². The van der Waals surface area contributed by atoms with E-state index in [9.17, 15) is 4.79 Å². The molecule has 0 aliphatic heterocycles. The summed E-state index contributed by atoms with van der Waals surface area (Å²) in [5, 5.41) is 1.19. The Morgan fingerprint density at radius 2 is 2.17 bits per heavy atom. The van der Waals surface area contributed by atoms with Crippen LogP contribution in [0.25, 0.3) is 10.9 Å². The molecule has 0 unspecified atom stereocenters. The molecule has 1 N–H and O–H groups in total. The third kappa shape index (κ3) is 1.70. The molecule has 18 heavy (non-hydrogen) atoms. The summed E-state index contributed by atoms with van der Waals surface area (Å²) in [7, 11) is 0. The van der Waals surface area contributed by atoms with Crippen LogP contribution in [-0.4, -0.2) is 17.6 Å². The van der Waals surface area contributed by atoms with Crippen molar-refractivity contribution in [2.24, 2.45) is 0 Å². The number of nitrogens with one attached hydrogen (secondary N) is 1. The van der Waals surface area contributed by atoms with Crippen LogP contribution < -0.4 is 0 Å². The smallest absolute Gasteiger partial charge is 0.340 e. The van der Waals surface area contributed by atoms with Gasteiger partial charge in [0.1, 0.15) is 0 Å². The van der Waals surface area contributed by atoms with Crippen molar-refractivity contribution in [1.29, 1.82) is 0 Å². The first kappa shape index (κ1) is 11.3. The maximum Gasteiger partial charge on any atom is 0.340 e. The van der Waals surface area contributed by atoms with Crippen LogP contribution in [0.4, 0.5) is 0 Å². The number of aromatic amines is 1. The van der Waals surface area contributed by atoms with Gasteiger partial charge in [0.05, 0.1) is 17.7 Å². The summed E-state index contributed by atoms with van der Waals surface area (Å²) in [5.74, 6) is -0.235. The fourth-order valence-corrected chi connectivity index (χ4v) is 2.81. The number of aryl methyl sites for hydroxylation is 2. The first-order valence-electron chi connectivity index (χ1n) is 6.61. The van der Waals surface area contributed by atoms with Crippen LogP contribution in [0.3, 0.4) is 0 Å². The summed E-state index contributed by atoms with van der Waals surface area (Å²) in [6, 6.07) is 5.87. The quantitative estimate of drug-likeness (QED) is 0.823. The Labute approximate surface area is 106 Å². The molecule has 0 spiro atoms. The van der Waals surface area contributed by atoms with Crippen LogP contribution >= 0.6 is 0 Å². The summed E-state index contributed by atoms with van der Waals surface area (Å²) in [6.07, 6.45) is 4.67. The van der Waals surface area contributed by atoms with Gasteiger partial charge in [-0.15, -0.1) is 0 Å². The van der Waals surface area contributed by atoms with E-state index in [4.69, 9.17) is 4.74 Å². The number of ether oxygens (including phenoxy) is 1. The summed E-state index contributed by atoms with van der Waals surface area (Å²) in [5.41, 5.74) is 4.29. The monoisotopic (exact) mass is 243 g/mol. The molecule has 1 heterocycles. The maximum absolute atomic E-state index is 11.9. The molecule has 1 aliphatic rings. The molecule has 0 saturated heterocycles. The number of carbonyl (C=O) groups excluding carboxylic acids is 1. The minimum absolute atomic E-state index is 0.235. The van der Waals surface area contributed by atoms with Gasteiger partial charge in [-0.2, -0.15) is 0 Å². The molecule has 1 aromatic heterocycles. The molecule has 0 saturated carbocycles. The molecule has 94 valence electrons. The van der Waals surface area contributed by atoms with E-state index in [1.165, 1.54) is 29.5 Å². The predicted molar refractivity (Wildman–Crippen MR) is 70.9 cm³/mol. The Morgan fingerprint density at radius 1 is 1.33 bits per heavy atom. The van der Waals surface area contributed by atoms with Crippen molar-refractivity contribution in [3.8, 4) is 0 Å². The number of carbonyl (C=O) groups is 1. The second kappa shape index (κ2) is 4.48. The molecule has 0 radical (unpaired) electrons. The highest BCUT2D eigenvalue weighted by Crippen LogP contribution is 2.30. The summed E-state index contributed by atoms with van der Waals surface area (Å²) in [4.78, 5) is 15.4. The highest BCUT2D eigenvalue weighted by atomic mass is 16.5. The summed E-state index contributed by atoms with van der Waals surface area (Å²) < 4.78 is 5.11. The van der Waals surface area contributed by atoms with E-state index in [1.54, 1.807) is 0 Å². The zero-order valence-electron chi connectivity index (χ0n) is 10.6. The Bertz CT molecular complexity index is 598. The lowest BCUT2D eigenvalue weighted by Gasteiger charge is -2.10. The van der Waals surface area contributed by atoms with E-state index in [2.05, 4.69) is 11.1 Å². The van der Waals surface area contributed by atoms with Crippen LogP contribution in [0.5, 0.6) is 0 Å². The Balaban J connectivity index is 2.16. The standard InChI is InChI=1S/C15H17NO2/c1-2-18-15(17)12-8-5-7-11-10-6-3-4-9-13(10)16-14(11)12/h5,7-8,16H,2-4,6,9H2,1H3. The number of fused-ring (bicyclic) bond motifs is 3. The van der Waals surface area contributed by atoms with Gasteiger partial charge in [0.25, 0.3) is 0 Å². The Morgan fingerprint density at radius 3 is 3.00 bits per heavy atom. The van der Waals surface area contributed by atoms with E-state index in [0.717, 1.165) is 18.4 Å². The SMILES string of the molecule is CCOC(=O)c1cccc2c3c([nH]c12)CCCC3. The average molecular weight is 243 g/mol. The van der Waals surface area contributed by atoms with Crippen LogP contribution in [0, 0.1) is 0 Å². The average Bonchev–Trinajstić information content (AvgIpc) is 2.77. The number of hydrogen-bond acceptors (Lipinski definition) is 2. The predicted octanol–water partition coefficient (Wildman–Crippen LogP) is 3.22. The minimum Gasteiger partial charge on any atom is -0.462 e. The number of para-hydroxylation sites is 1. The molecule has 1 aromatic carbocycles. The fourth-order valence-electron chi connectivity index (χ4n) is 2.81. The third-order valence-corrected chi connectivity index (χ3v) is 3.63. The number of rotatable bonds is 2. The normalized spacial score (nSPS) is 14.5. The van der Waals surface area contributed by atoms with Gasteiger partial charge >= 0.3 is 5.97 Å². The van der Waals surface area contributed by atoms with Crippen LogP contribution in [0.2, 0.25) is 0 Å². The first-order chi connectivity index (χ1) is 8.81. The van der Waals surface area contributed by atoms with E-state index in [-0.39, 0.29) is 5.97 Å². The van der Waals surface area contributed by atoms with E-state index < -0.39 is 0 Å². The van der Waals surface area contributed by atoms with Crippen molar-refractivity contribution in [2.45, 2.75) is 32.6 Å². The van der Waals surface area contributed by atoms with Crippen molar-refractivity contribution in [3.05, 3.63) is 35.0 Å². The molecular formula is C15H17NO2. The largest absolute Gasteiger partial charge is 0.462 e. The van der Waals surface area contributed by atoms with Crippen molar-refractivity contribution < 1.29 is 9.53 Å². The number of esters is 1. The molecule has 0 amide bonds. The Hall–Kier alpha value is -1.77. The molecule has 0 bridgehead atoms. The van der Waals surface area contributed by atoms with Gasteiger partial charge in [-0.05, 0) is 44.2 Å². The van der Waals surface area contributed by atoms with Crippen molar-refractivity contribution in [1.82, 2.24) is 4.98 Å². The molecule has 3 rings (SSSR count). The molecule has 1 aliphatic carbocycles. The Kier molecular flexibility index (Phi) is 2.82. The number of H-pyrrole nitrogens is 1. The molecule has 3 heteroatoms. The zero-order chi connectivity index (χ0) is 12.5. The highest BCUT2D eigenvalue weighted by molar-refractivity contribution is 6.04. The van der Waals surface area contributed by atoms with Gasteiger partial charge in [0.2, 0.25) is 0 Å². The molecule has 2 aromatic rings. The van der Waals surface area contributed by atoms with E-state index in [1.807, 2.05) is 19.1 Å². The molecule has 0 atom stereocenters. The molecular weight excluding hydrogens is 226 g/mol. The van der Waals surface area contributed by atoms with Gasteiger partial charge in [0, 0.05) is 11.1 Å². The lowest BCUT2D eigenvalue weighted by atomic mass is 9.95. The third-order valence-electron chi connectivity index (χ3n) is 3.63. The number of aromatic nitrogens is 1. The lowest BCUT2D eigenvalue weighted by Crippen LogP contribution is -2.05. The van der Waals surface area contributed by atoms with Gasteiger partial charge < -0.3 is 9.72 Å². The van der Waals surface area contributed by atoms with Crippen LogP contribution in [0.1, 0.15) is 41.4 Å². The van der Waals surface area contributed by atoms with Crippen molar-refractivity contribution >= 4 is 16.9 Å². The number of hydrogen-bond donors (Lipinski definition) is 1. The van der Waals surface area contributed by atoms with Crippen LogP contribution in [-0.2, 0) is 17.6 Å². The fraction of sp³-hybridized carbons (Fsp3) is 0.400. The maximum atomic E-state index is 11.9. The zero-order valence-corrected chi connectivity index (χ0v) is 10.6. The van der Waals surface area contributed by atoms with Crippen molar-refractivity contribution in [2.75, 3.05) is 6.61 Å². The second-order valence-corrected chi connectivity index (χ2v) is 4.74. The molecule has 3 nitrogen and oxygen atoms in total. The van der Waals surface area contributed by atoms with Crippen molar-refractivity contribution in [3.63, 3.8) is 0 Å². The van der Waals surface area contributed by atoms with Gasteiger partial charge in [-0.1, -0.05) is 12.1 Å². The van der Waals surface area contributed by atoms with Crippen LogP contribution in [0.15, 0.2) is 18.2 Å². The van der Waals surface area contributed by atoms with Gasteiger partial charge in [0.15, 0.2) is 0 Å². The number of benzene rings is 1. The lowest BCUT2D eigenvalue weighted by molar-refractivity contribution is 0.0528. The van der Waals surface area contributed by atoms with Gasteiger partial charge in [-0.25, -0.2) is 4.79 Å². The summed E-state index contributed by atoms with van der Waals surface area (Å²) >= 11 is 0. The topological polar surface area (TPSA) is 42.1 Å². The minimum atomic E-state index is -0.235.